The highest BCUT2D eigenvalue weighted by Crippen LogP contribution is 2.24. The molecule has 2 aromatic rings. The summed E-state index contributed by atoms with van der Waals surface area (Å²) < 4.78 is 26.5. The number of halogens is 2. The highest BCUT2D eigenvalue weighted by Gasteiger charge is 2.17. The molecule has 0 amide bonds. The Morgan fingerprint density at radius 1 is 1.19 bits per heavy atom. The lowest BCUT2D eigenvalue weighted by Gasteiger charge is -1.93. The molecule has 7 heteroatoms. The second-order valence-corrected chi connectivity index (χ2v) is 5.91. The standard InChI is InChI=1S/C9H5Cl2NO3S/c10-7-3-1-6(2-4-7)8-5-9(15-12-8)16(11,13)14/h1-5H. The molecule has 1 aromatic carbocycles. The lowest BCUT2D eigenvalue weighted by atomic mass is 10.2. The van der Waals surface area contributed by atoms with E-state index in [2.05, 4.69) is 9.68 Å². The Kier molecular flexibility index (Phi) is 2.92. The van der Waals surface area contributed by atoms with Crippen LogP contribution in [-0.4, -0.2) is 13.6 Å². The van der Waals surface area contributed by atoms with E-state index in [9.17, 15) is 8.42 Å². The minimum Gasteiger partial charge on any atom is -0.343 e. The van der Waals surface area contributed by atoms with Crippen molar-refractivity contribution in [2.24, 2.45) is 0 Å². The first kappa shape index (κ1) is 11.4. The van der Waals surface area contributed by atoms with Crippen molar-refractivity contribution >= 4 is 31.3 Å². The van der Waals surface area contributed by atoms with Crippen molar-refractivity contribution in [1.82, 2.24) is 5.16 Å². The third kappa shape index (κ3) is 2.37. The van der Waals surface area contributed by atoms with Gasteiger partial charge in [-0.1, -0.05) is 28.9 Å². The number of nitrogens with zero attached hydrogens (tertiary/aromatic N) is 1. The molecule has 1 aromatic heterocycles. The van der Waals surface area contributed by atoms with Crippen molar-refractivity contribution in [2.45, 2.75) is 5.09 Å². The Balaban J connectivity index is 2.43. The summed E-state index contributed by atoms with van der Waals surface area (Å²) in [5.74, 6) is 0. The maximum Gasteiger partial charge on any atom is 0.297 e. The molecule has 0 fully saturated rings. The van der Waals surface area contributed by atoms with E-state index in [1.165, 1.54) is 6.07 Å². The third-order valence-electron chi connectivity index (χ3n) is 1.87. The smallest absolute Gasteiger partial charge is 0.297 e. The zero-order chi connectivity index (χ0) is 11.8. The molecule has 0 aliphatic rings. The van der Waals surface area contributed by atoms with Crippen molar-refractivity contribution in [3.8, 4) is 11.3 Å². The molecule has 84 valence electrons. The van der Waals surface area contributed by atoms with Gasteiger partial charge in [-0.2, -0.15) is 0 Å². The molecule has 16 heavy (non-hydrogen) atoms. The molecule has 4 nitrogen and oxygen atoms in total. The van der Waals surface area contributed by atoms with Gasteiger partial charge in [0, 0.05) is 27.3 Å². The molecule has 0 spiro atoms. The van der Waals surface area contributed by atoms with Gasteiger partial charge in [-0.25, -0.2) is 8.42 Å². The normalized spacial score (nSPS) is 11.6. The summed E-state index contributed by atoms with van der Waals surface area (Å²) in [4.78, 5) is 0. The molecule has 0 saturated carbocycles. The Bertz CT molecular complexity index is 604. The van der Waals surface area contributed by atoms with Gasteiger partial charge in [-0.3, -0.25) is 0 Å². The van der Waals surface area contributed by atoms with E-state index < -0.39 is 9.05 Å². The molecule has 0 N–H and O–H groups in total. The minimum atomic E-state index is -3.88. The van der Waals surface area contributed by atoms with Gasteiger partial charge in [-0.05, 0) is 12.1 Å². The Morgan fingerprint density at radius 3 is 2.31 bits per heavy atom. The zero-order valence-corrected chi connectivity index (χ0v) is 10.1. The van der Waals surface area contributed by atoms with Crippen LogP contribution in [0.1, 0.15) is 0 Å². The quantitative estimate of drug-likeness (QED) is 0.792. The van der Waals surface area contributed by atoms with E-state index in [0.717, 1.165) is 0 Å². The second-order valence-electron chi connectivity index (χ2n) is 2.98. The first-order valence-electron chi connectivity index (χ1n) is 4.14. The molecule has 0 radical (unpaired) electrons. The number of hydrogen-bond acceptors (Lipinski definition) is 4. The van der Waals surface area contributed by atoms with Crippen LogP contribution in [0.15, 0.2) is 39.9 Å². The maximum atomic E-state index is 10.9. The van der Waals surface area contributed by atoms with Crippen LogP contribution in [0.2, 0.25) is 5.02 Å². The van der Waals surface area contributed by atoms with Gasteiger partial charge < -0.3 is 4.52 Å². The van der Waals surface area contributed by atoms with Gasteiger partial charge in [-0.15, -0.1) is 0 Å². The van der Waals surface area contributed by atoms with E-state index in [4.69, 9.17) is 22.3 Å². The van der Waals surface area contributed by atoms with Crippen LogP contribution in [0.25, 0.3) is 11.3 Å². The second kappa shape index (κ2) is 4.08. The van der Waals surface area contributed by atoms with Crippen LogP contribution in [-0.2, 0) is 9.05 Å². The minimum absolute atomic E-state index is 0.376. The number of aromatic nitrogens is 1. The summed E-state index contributed by atoms with van der Waals surface area (Å²) in [6.45, 7) is 0. The molecule has 1 heterocycles. The first-order valence-corrected chi connectivity index (χ1v) is 6.83. The average molecular weight is 278 g/mol. The van der Waals surface area contributed by atoms with Crippen LogP contribution < -0.4 is 0 Å². The molecular formula is C9H5Cl2NO3S. The van der Waals surface area contributed by atoms with Crippen LogP contribution in [0.3, 0.4) is 0 Å². The molecule has 0 unspecified atom stereocenters. The van der Waals surface area contributed by atoms with Gasteiger partial charge in [0.2, 0.25) is 0 Å². The van der Waals surface area contributed by atoms with Gasteiger partial charge in [0.05, 0.1) is 0 Å². The van der Waals surface area contributed by atoms with Crippen molar-refractivity contribution in [3.05, 3.63) is 35.4 Å². The van der Waals surface area contributed by atoms with Crippen molar-refractivity contribution in [2.75, 3.05) is 0 Å². The SMILES string of the molecule is O=S(=O)(Cl)c1cc(-c2ccc(Cl)cc2)no1. The highest BCUT2D eigenvalue weighted by atomic mass is 35.7. The lowest BCUT2D eigenvalue weighted by Crippen LogP contribution is -1.85. The van der Waals surface area contributed by atoms with Crippen LogP contribution >= 0.6 is 22.3 Å². The lowest BCUT2D eigenvalue weighted by molar-refractivity contribution is 0.343. The molecular weight excluding hydrogens is 273 g/mol. The average Bonchev–Trinajstić information content (AvgIpc) is 2.67. The maximum absolute atomic E-state index is 10.9. The van der Waals surface area contributed by atoms with Gasteiger partial charge >= 0.3 is 0 Å². The molecule has 2 rings (SSSR count). The Hall–Kier alpha value is -1.04. The van der Waals surface area contributed by atoms with E-state index in [1.807, 2.05) is 0 Å². The van der Waals surface area contributed by atoms with Gasteiger partial charge in [0.15, 0.2) is 0 Å². The number of rotatable bonds is 2. The molecule has 0 atom stereocenters. The zero-order valence-electron chi connectivity index (χ0n) is 7.72. The van der Waals surface area contributed by atoms with E-state index in [-0.39, 0.29) is 5.09 Å². The van der Waals surface area contributed by atoms with Crippen LogP contribution in [0.4, 0.5) is 0 Å². The fourth-order valence-corrected chi connectivity index (χ4v) is 1.85. The highest BCUT2D eigenvalue weighted by molar-refractivity contribution is 8.13. The van der Waals surface area contributed by atoms with E-state index in [0.29, 0.717) is 16.3 Å². The summed E-state index contributed by atoms with van der Waals surface area (Å²) >= 11 is 5.72. The summed E-state index contributed by atoms with van der Waals surface area (Å²) in [6, 6.07) is 7.99. The topological polar surface area (TPSA) is 60.2 Å². The largest absolute Gasteiger partial charge is 0.343 e. The fraction of sp³-hybridized carbons (Fsp3) is 0. The van der Waals surface area contributed by atoms with Crippen LogP contribution in [0.5, 0.6) is 0 Å². The fourth-order valence-electron chi connectivity index (χ4n) is 1.13. The monoisotopic (exact) mass is 277 g/mol. The number of hydrogen-bond donors (Lipinski definition) is 0. The molecule has 0 saturated heterocycles. The Morgan fingerprint density at radius 2 is 1.81 bits per heavy atom. The summed E-state index contributed by atoms with van der Waals surface area (Å²) in [5.41, 5.74) is 1.08. The van der Waals surface area contributed by atoms with Crippen molar-refractivity contribution in [3.63, 3.8) is 0 Å². The molecule has 0 bridgehead atoms. The van der Waals surface area contributed by atoms with E-state index in [1.54, 1.807) is 24.3 Å². The summed E-state index contributed by atoms with van der Waals surface area (Å²) in [6.07, 6.45) is 0. The van der Waals surface area contributed by atoms with Crippen molar-refractivity contribution < 1.29 is 12.9 Å². The van der Waals surface area contributed by atoms with Crippen LogP contribution in [0, 0.1) is 0 Å². The Labute approximate surface area is 101 Å². The first-order chi connectivity index (χ1) is 7.47. The van der Waals surface area contributed by atoms with E-state index >= 15 is 0 Å². The number of benzene rings is 1. The molecule has 0 aliphatic heterocycles. The van der Waals surface area contributed by atoms with Gasteiger partial charge in [0.25, 0.3) is 14.1 Å². The predicted molar refractivity (Wildman–Crippen MR) is 60.0 cm³/mol. The predicted octanol–water partition coefficient (Wildman–Crippen LogP) is 2.92. The van der Waals surface area contributed by atoms with Crippen molar-refractivity contribution in [1.29, 1.82) is 0 Å². The third-order valence-corrected chi connectivity index (χ3v) is 3.25. The van der Waals surface area contributed by atoms with Gasteiger partial charge in [0.1, 0.15) is 5.69 Å². The summed E-state index contributed by atoms with van der Waals surface area (Å²) in [7, 11) is 1.22. The molecule has 0 aliphatic carbocycles. The summed E-state index contributed by atoms with van der Waals surface area (Å²) in [5, 5.41) is 3.81.